The molecule has 12 heteroatoms. The van der Waals surface area contributed by atoms with Crippen molar-refractivity contribution in [2.45, 2.75) is 47.9 Å². The minimum Gasteiger partial charge on any atom is -0.395 e. The molecule has 0 unspecified atom stereocenters. The lowest BCUT2D eigenvalue weighted by atomic mass is 9.91. The third-order valence-electron chi connectivity index (χ3n) is 5.18. The molecule has 1 aliphatic rings. The summed E-state index contributed by atoms with van der Waals surface area (Å²) in [7, 11) is 0. The number of imidazole rings is 1. The molecule has 0 amide bonds. The molecule has 0 aliphatic carbocycles. The topological polar surface area (TPSA) is 106 Å². The number of fused-ring (bicyclic) bond motifs is 1. The number of rotatable bonds is 5. The zero-order valence-corrected chi connectivity index (χ0v) is 17.6. The molecule has 0 aromatic carbocycles. The number of nitrogens with two attached hydrogens (primary N) is 1. The van der Waals surface area contributed by atoms with Crippen LogP contribution in [0.2, 0.25) is 0 Å². The zero-order valence-electron chi connectivity index (χ0n) is 16.8. The van der Waals surface area contributed by atoms with Crippen LogP contribution in [0.1, 0.15) is 25.5 Å². The second-order valence-electron chi connectivity index (χ2n) is 7.73. The maximum absolute atomic E-state index is 13.2. The predicted molar refractivity (Wildman–Crippen MR) is 110 cm³/mol. The molecule has 1 aliphatic heterocycles. The van der Waals surface area contributed by atoms with Gasteiger partial charge in [-0.15, -0.1) is 0 Å². The Morgan fingerprint density at radius 1 is 1.23 bits per heavy atom. The summed E-state index contributed by atoms with van der Waals surface area (Å²) in [6.07, 6.45) is -0.470. The Balaban J connectivity index is 1.67. The second kappa shape index (κ2) is 8.24. The molecular weight excluding hydrogens is 431 g/mol. The number of aliphatic hydroxyl groups is 1. The van der Waals surface area contributed by atoms with Gasteiger partial charge in [-0.2, -0.15) is 18.2 Å². The van der Waals surface area contributed by atoms with E-state index in [9.17, 15) is 18.3 Å². The van der Waals surface area contributed by atoms with E-state index in [1.54, 1.807) is 4.57 Å². The molecule has 0 spiro atoms. The molecule has 0 atom stereocenters. The summed E-state index contributed by atoms with van der Waals surface area (Å²) >= 11 is 0.835. The van der Waals surface area contributed by atoms with Crippen LogP contribution in [0.5, 0.6) is 0 Å². The monoisotopic (exact) mass is 453 g/mol. The number of piperidine rings is 1. The lowest BCUT2D eigenvalue weighted by Crippen LogP contribution is -2.48. The van der Waals surface area contributed by atoms with Gasteiger partial charge in [-0.1, -0.05) is 11.8 Å². The van der Waals surface area contributed by atoms with Gasteiger partial charge in [0, 0.05) is 29.7 Å². The molecule has 3 aromatic heterocycles. The van der Waals surface area contributed by atoms with Crippen molar-refractivity contribution in [3.05, 3.63) is 30.2 Å². The molecule has 1 saturated heterocycles. The smallest absolute Gasteiger partial charge is 0.395 e. The van der Waals surface area contributed by atoms with Gasteiger partial charge in [0.25, 0.3) is 0 Å². The van der Waals surface area contributed by atoms with Gasteiger partial charge < -0.3 is 15.7 Å². The van der Waals surface area contributed by atoms with E-state index in [1.165, 1.54) is 18.3 Å². The number of halogens is 3. The Labute approximate surface area is 180 Å². The lowest BCUT2D eigenvalue weighted by molar-refractivity contribution is -0.143. The molecular formula is C19H22F3N7OS. The molecule has 3 N–H and O–H groups in total. The fourth-order valence-corrected chi connectivity index (χ4v) is 4.36. The zero-order chi connectivity index (χ0) is 22.2. The summed E-state index contributed by atoms with van der Waals surface area (Å²) in [5, 5.41) is 9.78. The number of hydrogen-bond acceptors (Lipinski definition) is 8. The highest BCUT2D eigenvalue weighted by atomic mass is 32.2. The molecule has 31 heavy (non-hydrogen) atoms. The van der Waals surface area contributed by atoms with Crippen LogP contribution in [0.15, 0.2) is 34.4 Å². The van der Waals surface area contributed by atoms with Gasteiger partial charge in [0.2, 0.25) is 5.95 Å². The molecule has 166 valence electrons. The average molecular weight is 453 g/mol. The van der Waals surface area contributed by atoms with E-state index in [1.807, 2.05) is 6.92 Å². The van der Waals surface area contributed by atoms with Crippen LogP contribution < -0.4 is 10.6 Å². The van der Waals surface area contributed by atoms with E-state index in [4.69, 9.17) is 5.73 Å². The molecule has 3 aromatic rings. The Morgan fingerprint density at radius 2 is 1.97 bits per heavy atom. The number of nitrogens with zero attached hydrogens (tertiary/aromatic N) is 6. The number of anilines is 1. The van der Waals surface area contributed by atoms with Gasteiger partial charge in [0.1, 0.15) is 5.03 Å². The SMILES string of the molecule is CC1(N)CCN(c2nc3nc(Sc4cccnc4C(F)(F)F)cnc3n2CCO)CC1. The first-order valence-electron chi connectivity index (χ1n) is 9.76. The van der Waals surface area contributed by atoms with Gasteiger partial charge in [-0.05, 0) is 31.9 Å². The van der Waals surface area contributed by atoms with Crippen LogP contribution in [0.3, 0.4) is 0 Å². The molecule has 4 heterocycles. The first-order valence-corrected chi connectivity index (χ1v) is 10.6. The van der Waals surface area contributed by atoms with Crippen molar-refractivity contribution in [1.29, 1.82) is 0 Å². The van der Waals surface area contributed by atoms with Crippen molar-refractivity contribution in [3.8, 4) is 0 Å². The maximum atomic E-state index is 13.2. The lowest BCUT2D eigenvalue weighted by Gasteiger charge is -2.37. The number of pyridine rings is 1. The highest BCUT2D eigenvalue weighted by molar-refractivity contribution is 7.99. The summed E-state index contributed by atoms with van der Waals surface area (Å²) in [6, 6.07) is 2.79. The minimum atomic E-state index is -4.57. The molecule has 0 bridgehead atoms. The highest BCUT2D eigenvalue weighted by Crippen LogP contribution is 2.37. The third kappa shape index (κ3) is 4.60. The number of alkyl halides is 3. The van der Waals surface area contributed by atoms with Crippen molar-refractivity contribution >= 4 is 29.0 Å². The van der Waals surface area contributed by atoms with E-state index in [-0.39, 0.29) is 28.6 Å². The average Bonchev–Trinajstić information content (AvgIpc) is 3.05. The molecule has 8 nitrogen and oxygen atoms in total. The van der Waals surface area contributed by atoms with E-state index < -0.39 is 11.9 Å². The van der Waals surface area contributed by atoms with E-state index >= 15 is 0 Å². The van der Waals surface area contributed by atoms with Crippen LogP contribution in [0.4, 0.5) is 19.1 Å². The van der Waals surface area contributed by atoms with Gasteiger partial charge in [0.15, 0.2) is 17.0 Å². The largest absolute Gasteiger partial charge is 0.434 e. The Kier molecular flexibility index (Phi) is 5.79. The Hall–Kier alpha value is -2.44. The van der Waals surface area contributed by atoms with E-state index in [0.29, 0.717) is 30.3 Å². The van der Waals surface area contributed by atoms with Crippen molar-refractivity contribution in [1.82, 2.24) is 24.5 Å². The fourth-order valence-electron chi connectivity index (χ4n) is 3.49. The first-order chi connectivity index (χ1) is 14.7. The van der Waals surface area contributed by atoms with Crippen LogP contribution in [-0.4, -0.2) is 54.8 Å². The van der Waals surface area contributed by atoms with Crippen LogP contribution in [0, 0.1) is 0 Å². The van der Waals surface area contributed by atoms with Crippen LogP contribution in [0.25, 0.3) is 11.3 Å². The summed E-state index contributed by atoms with van der Waals surface area (Å²) in [6.45, 7) is 3.59. The number of aromatic nitrogens is 5. The maximum Gasteiger partial charge on any atom is 0.434 e. The third-order valence-corrected chi connectivity index (χ3v) is 6.14. The first kappa shape index (κ1) is 21.8. The van der Waals surface area contributed by atoms with Crippen molar-refractivity contribution in [3.63, 3.8) is 0 Å². The second-order valence-corrected chi connectivity index (χ2v) is 8.80. The van der Waals surface area contributed by atoms with E-state index in [2.05, 4.69) is 24.8 Å². The van der Waals surface area contributed by atoms with Crippen LogP contribution >= 0.6 is 11.8 Å². The summed E-state index contributed by atoms with van der Waals surface area (Å²) in [4.78, 5) is 18.9. The quantitative estimate of drug-likeness (QED) is 0.608. The standard InChI is InChI=1S/C19H22F3N7OS/c1-18(23)4-7-28(8-5-18)17-27-15-16(29(17)9-10-30)25-11-13(26-15)31-12-3-2-6-24-14(12)19(20,21)22/h2-3,6,11,30H,4-5,7-10,23H2,1H3. The van der Waals surface area contributed by atoms with Gasteiger partial charge in [-0.3, -0.25) is 9.55 Å². The molecule has 1 fully saturated rings. The number of hydrogen-bond donors (Lipinski definition) is 2. The molecule has 4 rings (SSSR count). The fraction of sp³-hybridized carbons (Fsp3) is 0.474. The summed E-state index contributed by atoms with van der Waals surface area (Å²) < 4.78 is 41.5. The number of aliphatic hydroxyl groups excluding tert-OH is 1. The summed E-state index contributed by atoms with van der Waals surface area (Å²) in [5.41, 5.74) is 5.80. The van der Waals surface area contributed by atoms with Crippen molar-refractivity contribution < 1.29 is 18.3 Å². The van der Waals surface area contributed by atoms with Gasteiger partial charge in [-0.25, -0.2) is 9.97 Å². The Bertz CT molecular complexity index is 1080. The predicted octanol–water partition coefficient (Wildman–Crippen LogP) is 2.70. The highest BCUT2D eigenvalue weighted by Gasteiger charge is 2.35. The van der Waals surface area contributed by atoms with Crippen molar-refractivity contribution in [2.24, 2.45) is 5.73 Å². The summed E-state index contributed by atoms with van der Waals surface area (Å²) in [5.74, 6) is 0.624. The van der Waals surface area contributed by atoms with Crippen LogP contribution in [-0.2, 0) is 12.7 Å². The molecule has 0 saturated carbocycles. The molecule has 0 radical (unpaired) electrons. The Morgan fingerprint density at radius 3 is 2.65 bits per heavy atom. The van der Waals surface area contributed by atoms with Crippen molar-refractivity contribution in [2.75, 3.05) is 24.6 Å². The van der Waals surface area contributed by atoms with Gasteiger partial charge in [0.05, 0.1) is 19.3 Å². The normalized spacial score (nSPS) is 16.8. The van der Waals surface area contributed by atoms with Gasteiger partial charge >= 0.3 is 6.18 Å². The minimum absolute atomic E-state index is 0.0584. The van der Waals surface area contributed by atoms with E-state index in [0.717, 1.165) is 30.8 Å².